The molecule has 0 aliphatic heterocycles. The fourth-order valence-corrected chi connectivity index (χ4v) is 8.21. The maximum atomic E-state index is 13.7. The lowest BCUT2D eigenvalue weighted by Crippen LogP contribution is -2.60. The van der Waals surface area contributed by atoms with Crippen LogP contribution in [0.5, 0.6) is 0 Å². The van der Waals surface area contributed by atoms with Gasteiger partial charge in [0.1, 0.15) is 11.5 Å². The van der Waals surface area contributed by atoms with E-state index in [2.05, 4.69) is 6.92 Å². The van der Waals surface area contributed by atoms with Gasteiger partial charge in [0.2, 0.25) is 0 Å². The second-order valence-electron chi connectivity index (χ2n) is 9.61. The summed E-state index contributed by atoms with van der Waals surface area (Å²) in [7, 11) is 2.20. The average Bonchev–Trinajstić information content (AvgIpc) is 3.28. The van der Waals surface area contributed by atoms with Crippen molar-refractivity contribution in [3.05, 3.63) is 0 Å². The van der Waals surface area contributed by atoms with E-state index in [1.54, 1.807) is 13.4 Å². The smallest absolute Gasteiger partial charge is 0.154 e. The average molecular weight is 399 g/mol. The van der Waals surface area contributed by atoms with E-state index in [0.717, 1.165) is 25.7 Å². The van der Waals surface area contributed by atoms with Crippen molar-refractivity contribution >= 4 is 16.6 Å². The van der Waals surface area contributed by atoms with Crippen LogP contribution in [0.2, 0.25) is 0 Å². The fraction of sp³-hybridized carbons (Fsp3) is 0.952. The first kappa shape index (κ1) is 20.0. The Balaban J connectivity index is 1.86. The minimum absolute atomic E-state index is 0.0412. The number of rotatable bonds is 5. The van der Waals surface area contributed by atoms with Crippen LogP contribution in [0.1, 0.15) is 52.4 Å². The Bertz CT molecular complexity index is 652. The number of ether oxygens (including phenoxy) is 3. The van der Waals surface area contributed by atoms with Crippen molar-refractivity contribution in [1.29, 1.82) is 0 Å². The number of hydrogen-bond acceptors (Lipinski definition) is 5. The van der Waals surface area contributed by atoms with Gasteiger partial charge in [-0.05, 0) is 62.7 Å². The first-order valence-electron chi connectivity index (χ1n) is 10.3. The van der Waals surface area contributed by atoms with E-state index in [0.29, 0.717) is 18.3 Å². The summed E-state index contributed by atoms with van der Waals surface area (Å²) in [5.74, 6) is 1.05. The molecule has 0 saturated heterocycles. The van der Waals surface area contributed by atoms with Crippen LogP contribution < -0.4 is 0 Å². The lowest BCUT2D eigenvalue weighted by atomic mass is 9.52. The summed E-state index contributed by atoms with van der Waals surface area (Å²) < 4.78 is 29.4. The third kappa shape index (κ3) is 2.52. The van der Waals surface area contributed by atoms with Gasteiger partial charge in [-0.3, -0.25) is 9.00 Å². The van der Waals surface area contributed by atoms with E-state index < -0.39 is 15.5 Å². The van der Waals surface area contributed by atoms with E-state index in [4.69, 9.17) is 14.2 Å². The molecule has 0 amide bonds. The van der Waals surface area contributed by atoms with Gasteiger partial charge in [-0.25, -0.2) is 0 Å². The molecule has 0 radical (unpaired) electrons. The molecular formula is C21H34O5S. The number of ketones is 1. The van der Waals surface area contributed by atoms with Crippen LogP contribution in [0.15, 0.2) is 0 Å². The second kappa shape index (κ2) is 6.61. The molecule has 2 bridgehead atoms. The molecule has 4 aliphatic carbocycles. The molecule has 1 spiro atoms. The largest absolute Gasteiger partial charge is 0.381 e. The predicted molar refractivity (Wildman–Crippen MR) is 104 cm³/mol. The molecule has 27 heavy (non-hydrogen) atoms. The Kier molecular flexibility index (Phi) is 4.90. The summed E-state index contributed by atoms with van der Waals surface area (Å²) in [4.78, 5) is 13.7. The lowest BCUT2D eigenvalue weighted by molar-refractivity contribution is -0.171. The van der Waals surface area contributed by atoms with Gasteiger partial charge in [0.05, 0.1) is 12.2 Å². The summed E-state index contributed by atoms with van der Waals surface area (Å²) in [5.41, 5.74) is 0.00401. The summed E-state index contributed by atoms with van der Waals surface area (Å²) >= 11 is 0. The van der Waals surface area contributed by atoms with Crippen LogP contribution in [0.4, 0.5) is 0 Å². The van der Waals surface area contributed by atoms with E-state index in [9.17, 15) is 9.00 Å². The van der Waals surface area contributed by atoms with E-state index in [1.807, 2.05) is 14.0 Å². The van der Waals surface area contributed by atoms with Crippen LogP contribution in [0.3, 0.4) is 0 Å². The molecule has 0 N–H and O–H groups in total. The summed E-state index contributed by atoms with van der Waals surface area (Å²) in [6.07, 6.45) is 7.72. The molecule has 4 aliphatic rings. The van der Waals surface area contributed by atoms with Crippen molar-refractivity contribution in [2.24, 2.45) is 28.6 Å². The Morgan fingerprint density at radius 3 is 2.52 bits per heavy atom. The molecule has 5 nitrogen and oxygen atoms in total. The number of methoxy groups -OCH3 is 2. The highest BCUT2D eigenvalue weighted by molar-refractivity contribution is 7.86. The highest BCUT2D eigenvalue weighted by Gasteiger charge is 2.76. The second-order valence-corrected chi connectivity index (χ2v) is 11.4. The summed E-state index contributed by atoms with van der Waals surface area (Å²) in [6.45, 7) is 4.21. The maximum absolute atomic E-state index is 13.7. The Hall–Kier alpha value is -0.300. The molecule has 0 aromatic heterocycles. The third-order valence-electron chi connectivity index (χ3n) is 8.90. The Morgan fingerprint density at radius 2 is 1.89 bits per heavy atom. The third-order valence-corrected chi connectivity index (χ3v) is 10.5. The van der Waals surface area contributed by atoms with Crippen molar-refractivity contribution < 1.29 is 23.2 Å². The van der Waals surface area contributed by atoms with Crippen molar-refractivity contribution in [2.75, 3.05) is 27.3 Å². The van der Waals surface area contributed by atoms with Crippen LogP contribution >= 0.6 is 0 Å². The fourth-order valence-electron chi connectivity index (χ4n) is 7.37. The van der Waals surface area contributed by atoms with Crippen molar-refractivity contribution in [1.82, 2.24) is 0 Å². The van der Waals surface area contributed by atoms with Crippen LogP contribution in [0.25, 0.3) is 0 Å². The molecular weight excluding hydrogens is 364 g/mol. The van der Waals surface area contributed by atoms with Crippen LogP contribution in [0, 0.1) is 28.6 Å². The summed E-state index contributed by atoms with van der Waals surface area (Å²) in [5, 5.41) is 0. The number of carbonyl (C=O) groups is 1. The molecule has 4 saturated carbocycles. The first-order chi connectivity index (χ1) is 12.8. The van der Waals surface area contributed by atoms with Gasteiger partial charge in [0.25, 0.3) is 0 Å². The van der Waals surface area contributed by atoms with Gasteiger partial charge in [-0.1, -0.05) is 6.92 Å². The summed E-state index contributed by atoms with van der Waals surface area (Å²) in [6, 6.07) is 0. The monoisotopic (exact) mass is 398 g/mol. The molecule has 0 aromatic carbocycles. The normalized spacial score (nSPS) is 52.5. The number of hydrogen-bond donors (Lipinski definition) is 0. The quantitative estimate of drug-likeness (QED) is 0.667. The molecule has 154 valence electrons. The van der Waals surface area contributed by atoms with Gasteiger partial charge < -0.3 is 14.2 Å². The predicted octanol–water partition coefficient (Wildman–Crippen LogP) is 2.93. The first-order valence-corrected chi connectivity index (χ1v) is 11.8. The van der Waals surface area contributed by atoms with Crippen molar-refractivity contribution in [3.63, 3.8) is 0 Å². The van der Waals surface area contributed by atoms with E-state index in [-0.39, 0.29) is 41.5 Å². The van der Waals surface area contributed by atoms with Crippen LogP contribution in [-0.4, -0.2) is 54.2 Å². The van der Waals surface area contributed by atoms with Crippen molar-refractivity contribution in [2.45, 2.75) is 69.3 Å². The van der Waals surface area contributed by atoms with Gasteiger partial charge in [0, 0.05) is 42.6 Å². The zero-order chi connectivity index (χ0) is 19.6. The topological polar surface area (TPSA) is 61.8 Å². The van der Waals surface area contributed by atoms with Crippen molar-refractivity contribution in [3.8, 4) is 0 Å². The molecule has 4 fully saturated rings. The molecule has 9 atom stereocenters. The zero-order valence-corrected chi connectivity index (χ0v) is 18.1. The molecule has 0 aromatic rings. The minimum Gasteiger partial charge on any atom is -0.381 e. The molecule has 6 heteroatoms. The molecule has 4 rings (SSSR count). The van der Waals surface area contributed by atoms with Gasteiger partial charge in [-0.2, -0.15) is 0 Å². The van der Waals surface area contributed by atoms with Gasteiger partial charge in [-0.15, -0.1) is 0 Å². The maximum Gasteiger partial charge on any atom is 0.154 e. The zero-order valence-electron chi connectivity index (χ0n) is 17.3. The SMILES string of the molecule is COCO[C@@H]1C[C@@](C)(S(C)=O)C(=O)[C@H](C)C23CC[C@H]4C[C@]41C2[C@H](OC)CC3. The van der Waals surface area contributed by atoms with Gasteiger partial charge in [0.15, 0.2) is 5.78 Å². The minimum atomic E-state index is -1.24. The molecule has 3 unspecified atom stereocenters. The number of Topliss-reactive ketones (excluding diaryl/α,β-unsaturated/α-hetero) is 1. The standard InChI is InChI=1S/C21H34O5S/c1-13-18(22)19(2,27(5)23)11-16(26-12-24-3)21-10-14(21)6-8-20(13)9-7-15(25-4)17(20)21/h13-17H,6-12H2,1-5H3/t13-,14-,15+,16+,17?,19+,20?,21-,27?/m0/s1. The van der Waals surface area contributed by atoms with E-state index in [1.165, 1.54) is 6.42 Å². The Morgan fingerprint density at radius 1 is 1.19 bits per heavy atom. The highest BCUT2D eigenvalue weighted by Crippen LogP contribution is 2.77. The highest BCUT2D eigenvalue weighted by atomic mass is 32.2. The lowest BCUT2D eigenvalue weighted by Gasteiger charge is -2.55. The Labute approximate surface area is 165 Å². The van der Waals surface area contributed by atoms with E-state index >= 15 is 0 Å². The van der Waals surface area contributed by atoms with Crippen LogP contribution in [-0.2, 0) is 29.8 Å². The number of carbonyl (C=O) groups excluding carboxylic acids is 1. The van der Waals surface area contributed by atoms with Gasteiger partial charge >= 0.3 is 0 Å². The molecule has 0 heterocycles.